The van der Waals surface area contributed by atoms with Crippen molar-refractivity contribution >= 4 is 35.0 Å². The molecule has 3 aromatic rings. The Kier molecular flexibility index (Phi) is 8.74. The molecule has 0 aliphatic heterocycles. The van der Waals surface area contributed by atoms with E-state index < -0.39 is 41.3 Å². The number of halogens is 4. The molecule has 1 aliphatic carbocycles. The van der Waals surface area contributed by atoms with Crippen LogP contribution in [-0.4, -0.2) is 41.0 Å². The number of hydrogen-bond acceptors (Lipinski definition) is 6. The van der Waals surface area contributed by atoms with Crippen molar-refractivity contribution in [3.63, 3.8) is 0 Å². The lowest BCUT2D eigenvalue weighted by atomic mass is 9.85. The van der Waals surface area contributed by atoms with Crippen LogP contribution in [0.1, 0.15) is 52.0 Å². The van der Waals surface area contributed by atoms with E-state index >= 15 is 0 Å². The van der Waals surface area contributed by atoms with Gasteiger partial charge in [-0.25, -0.2) is 9.37 Å². The maximum atomic E-state index is 13.7. The fraction of sp³-hybridized carbons (Fsp3) is 0.286. The Labute approximate surface area is 231 Å². The molecule has 1 fully saturated rings. The molecule has 0 radical (unpaired) electrons. The van der Waals surface area contributed by atoms with Crippen LogP contribution in [0.4, 0.5) is 34.8 Å². The van der Waals surface area contributed by atoms with Crippen molar-refractivity contribution in [2.45, 2.75) is 37.9 Å². The number of ether oxygens (including phenoxy) is 1. The molecule has 0 saturated heterocycles. The molecule has 216 valence electrons. The van der Waals surface area contributed by atoms with E-state index in [0.29, 0.717) is 37.8 Å². The predicted octanol–water partition coefficient (Wildman–Crippen LogP) is 5.81. The number of aliphatic carboxylic acids is 1. The summed E-state index contributed by atoms with van der Waals surface area (Å²) in [6, 6.07) is 9.09. The highest BCUT2D eigenvalue weighted by Crippen LogP contribution is 2.34. The van der Waals surface area contributed by atoms with Gasteiger partial charge in [0.1, 0.15) is 22.9 Å². The average molecular weight is 575 g/mol. The predicted molar refractivity (Wildman–Crippen MR) is 142 cm³/mol. The number of benzene rings is 2. The zero-order valence-corrected chi connectivity index (χ0v) is 21.7. The molecule has 1 heterocycles. The van der Waals surface area contributed by atoms with Gasteiger partial charge in [-0.3, -0.25) is 14.4 Å². The summed E-state index contributed by atoms with van der Waals surface area (Å²) in [7, 11) is 1.36. The van der Waals surface area contributed by atoms with Gasteiger partial charge in [0.2, 0.25) is 0 Å². The lowest BCUT2D eigenvalue weighted by Crippen LogP contribution is -2.32. The topological polar surface area (TPSA) is 130 Å². The Bertz CT molecular complexity index is 1460. The maximum Gasteiger partial charge on any atom is 0.419 e. The Morgan fingerprint density at radius 1 is 1.02 bits per heavy atom. The molecule has 41 heavy (non-hydrogen) atoms. The molecular weight excluding hydrogens is 548 g/mol. The first-order valence-corrected chi connectivity index (χ1v) is 12.6. The SMILES string of the molecule is COc1ccnc(N[C@@H]2CCC[C@H](C(=O)O)C2)c1C(=O)Nc1ccccc1C(=O)Nc1ccc(F)c(C(F)(F)F)c1. The van der Waals surface area contributed by atoms with Gasteiger partial charge in [-0.1, -0.05) is 18.6 Å². The molecule has 0 bridgehead atoms. The second-order valence-electron chi connectivity index (χ2n) is 9.43. The number of methoxy groups -OCH3 is 1. The molecule has 1 aromatic heterocycles. The molecule has 2 aromatic carbocycles. The Balaban J connectivity index is 1.57. The Hall–Kier alpha value is -4.68. The number of carbonyl (C=O) groups excluding carboxylic acids is 2. The van der Waals surface area contributed by atoms with E-state index in [1.54, 1.807) is 6.07 Å². The van der Waals surface area contributed by atoms with Gasteiger partial charge in [0.25, 0.3) is 11.8 Å². The third kappa shape index (κ3) is 6.91. The zero-order valence-electron chi connectivity index (χ0n) is 21.7. The first-order valence-electron chi connectivity index (χ1n) is 12.6. The van der Waals surface area contributed by atoms with Gasteiger partial charge in [0.15, 0.2) is 0 Å². The molecule has 0 unspecified atom stereocenters. The van der Waals surface area contributed by atoms with Gasteiger partial charge in [-0.15, -0.1) is 0 Å². The van der Waals surface area contributed by atoms with Crippen LogP contribution in [-0.2, 0) is 11.0 Å². The molecular formula is C28H26F4N4O5. The van der Waals surface area contributed by atoms with E-state index in [9.17, 15) is 37.1 Å². The molecule has 0 spiro atoms. The van der Waals surface area contributed by atoms with Crippen LogP contribution >= 0.6 is 0 Å². The number of amides is 2. The lowest BCUT2D eigenvalue weighted by molar-refractivity contribution is -0.143. The standard InChI is InChI=1S/C28H26F4N4O5/c1-41-22-11-12-33-24(34-16-6-4-5-15(13-16)27(39)40)23(22)26(38)36-21-8-3-2-7-18(21)25(37)35-17-9-10-20(29)19(14-17)28(30,31)32/h2-3,7-12,14-16H,4-6,13H2,1H3,(H,33,34)(H,35,37)(H,36,38)(H,39,40)/t15-,16+/m0/s1. The number of para-hydroxylation sites is 1. The van der Waals surface area contributed by atoms with Crippen molar-refractivity contribution in [1.82, 2.24) is 4.98 Å². The van der Waals surface area contributed by atoms with Crippen molar-refractivity contribution in [2.24, 2.45) is 5.92 Å². The summed E-state index contributed by atoms with van der Waals surface area (Å²) in [6.45, 7) is 0. The highest BCUT2D eigenvalue weighted by molar-refractivity contribution is 6.14. The third-order valence-electron chi connectivity index (χ3n) is 6.67. The number of rotatable bonds is 8. The van der Waals surface area contributed by atoms with Crippen LogP contribution in [0.2, 0.25) is 0 Å². The van der Waals surface area contributed by atoms with Crippen LogP contribution in [0.15, 0.2) is 54.7 Å². The van der Waals surface area contributed by atoms with E-state index in [2.05, 4.69) is 20.9 Å². The van der Waals surface area contributed by atoms with Crippen LogP contribution < -0.4 is 20.7 Å². The van der Waals surface area contributed by atoms with Crippen molar-refractivity contribution in [1.29, 1.82) is 0 Å². The zero-order chi connectivity index (χ0) is 29.7. The molecule has 9 nitrogen and oxygen atoms in total. The largest absolute Gasteiger partial charge is 0.496 e. The molecule has 1 aliphatic rings. The smallest absolute Gasteiger partial charge is 0.419 e. The second-order valence-corrected chi connectivity index (χ2v) is 9.43. The monoisotopic (exact) mass is 574 g/mol. The van der Waals surface area contributed by atoms with Crippen LogP contribution in [0.25, 0.3) is 0 Å². The number of carboxylic acids is 1. The molecule has 4 N–H and O–H groups in total. The molecule has 13 heteroatoms. The van der Waals surface area contributed by atoms with Gasteiger partial charge >= 0.3 is 12.1 Å². The quantitative estimate of drug-likeness (QED) is 0.250. The Morgan fingerprint density at radius 3 is 2.49 bits per heavy atom. The van der Waals surface area contributed by atoms with Crippen molar-refractivity contribution < 1.29 is 41.8 Å². The normalized spacial score (nSPS) is 16.9. The maximum absolute atomic E-state index is 13.7. The van der Waals surface area contributed by atoms with Crippen LogP contribution in [0, 0.1) is 11.7 Å². The minimum atomic E-state index is -4.96. The van der Waals surface area contributed by atoms with Gasteiger partial charge in [-0.2, -0.15) is 13.2 Å². The van der Waals surface area contributed by atoms with Gasteiger partial charge in [0, 0.05) is 17.9 Å². The second kappa shape index (κ2) is 12.2. The number of hydrogen-bond donors (Lipinski definition) is 4. The van der Waals surface area contributed by atoms with Gasteiger partial charge in [0.05, 0.1) is 29.8 Å². The number of alkyl halides is 3. The summed E-state index contributed by atoms with van der Waals surface area (Å²) >= 11 is 0. The molecule has 2 amide bonds. The summed E-state index contributed by atoms with van der Waals surface area (Å²) in [5, 5.41) is 17.5. The minimum Gasteiger partial charge on any atom is -0.496 e. The van der Waals surface area contributed by atoms with E-state index in [4.69, 9.17) is 4.74 Å². The first-order chi connectivity index (χ1) is 19.5. The number of pyridine rings is 1. The number of aromatic nitrogens is 1. The molecule has 2 atom stereocenters. The summed E-state index contributed by atoms with van der Waals surface area (Å²) in [6.07, 6.45) is -1.28. The van der Waals surface area contributed by atoms with Gasteiger partial charge in [-0.05, 0) is 55.7 Å². The molecule has 1 saturated carbocycles. The number of carboxylic acid groups (broad SMARTS) is 1. The first kappa shape index (κ1) is 29.3. The highest BCUT2D eigenvalue weighted by Gasteiger charge is 2.34. The van der Waals surface area contributed by atoms with Crippen LogP contribution in [0.3, 0.4) is 0 Å². The van der Waals surface area contributed by atoms with E-state index in [1.807, 2.05) is 0 Å². The number of carbonyl (C=O) groups is 3. The third-order valence-corrected chi connectivity index (χ3v) is 6.67. The van der Waals surface area contributed by atoms with Crippen molar-refractivity contribution in [3.05, 3.63) is 77.2 Å². The van der Waals surface area contributed by atoms with E-state index in [-0.39, 0.29) is 40.1 Å². The minimum absolute atomic E-state index is 0.0102. The fourth-order valence-corrected chi connectivity index (χ4v) is 4.68. The highest BCUT2D eigenvalue weighted by atomic mass is 19.4. The summed E-state index contributed by atoms with van der Waals surface area (Å²) in [4.78, 5) is 42.2. The number of nitrogens with zero attached hydrogens (tertiary/aromatic N) is 1. The van der Waals surface area contributed by atoms with Gasteiger partial charge < -0.3 is 25.8 Å². The lowest BCUT2D eigenvalue weighted by Gasteiger charge is -2.28. The van der Waals surface area contributed by atoms with E-state index in [1.165, 1.54) is 37.6 Å². The summed E-state index contributed by atoms with van der Waals surface area (Å²) in [5.74, 6) is -4.13. The summed E-state index contributed by atoms with van der Waals surface area (Å²) < 4.78 is 58.4. The van der Waals surface area contributed by atoms with E-state index in [0.717, 1.165) is 6.07 Å². The van der Waals surface area contributed by atoms with Crippen LogP contribution in [0.5, 0.6) is 5.75 Å². The number of anilines is 3. The average Bonchev–Trinajstić information content (AvgIpc) is 2.93. The van der Waals surface area contributed by atoms with Crippen molar-refractivity contribution in [3.8, 4) is 5.75 Å². The number of nitrogens with one attached hydrogen (secondary N) is 3. The summed E-state index contributed by atoms with van der Waals surface area (Å²) in [5.41, 5.74) is -1.86. The fourth-order valence-electron chi connectivity index (χ4n) is 4.68. The molecule has 4 rings (SSSR count). The van der Waals surface area contributed by atoms with Crippen molar-refractivity contribution in [2.75, 3.05) is 23.1 Å². The Morgan fingerprint density at radius 2 is 1.78 bits per heavy atom.